The number of carboxylic acid groups (broad SMARTS) is 1. The topological polar surface area (TPSA) is 78.1 Å². The summed E-state index contributed by atoms with van der Waals surface area (Å²) in [5.74, 6) is -1.13. The number of thioether (sulfide) groups is 1. The van der Waals surface area contributed by atoms with E-state index in [1.807, 2.05) is 67.0 Å². The predicted octanol–water partition coefficient (Wildman–Crippen LogP) is 4.87. The van der Waals surface area contributed by atoms with Crippen LogP contribution in [-0.2, 0) is 4.79 Å². The number of amides is 1. The summed E-state index contributed by atoms with van der Waals surface area (Å²) in [5, 5.41) is 9.76. The molecule has 4 rings (SSSR count). The van der Waals surface area contributed by atoms with Crippen molar-refractivity contribution >= 4 is 46.3 Å². The molecule has 0 bridgehead atoms. The molecule has 1 fully saturated rings. The molecule has 1 aromatic heterocycles. The maximum Gasteiger partial charge on any atom is 0.335 e. The first-order valence-corrected chi connectivity index (χ1v) is 11.3. The molecule has 3 aromatic rings. The van der Waals surface area contributed by atoms with Crippen molar-refractivity contribution in [3.05, 3.63) is 83.0 Å². The Labute approximate surface area is 196 Å². The lowest BCUT2D eigenvalue weighted by Gasteiger charge is -2.14. The summed E-state index contributed by atoms with van der Waals surface area (Å²) in [6.07, 6.45) is 3.83. The molecule has 0 aliphatic carbocycles. The quantitative estimate of drug-likeness (QED) is 0.531. The van der Waals surface area contributed by atoms with E-state index in [0.717, 1.165) is 17.1 Å². The molecule has 1 amide bonds. The molecule has 1 aliphatic rings. The number of carbonyl (C=O) groups excluding carboxylic acids is 1. The standard InChI is InChI=1S/C25H24N4O3S/c1-4-28-23(30)22(33-25(28)26-18-8-5-7-17(15-18)24(31)32)16-21-9-6-14-29(21)20-12-10-19(11-13-20)27(2)3/h5-16H,4H2,1-3H3,(H,31,32)/b22-16-,26-25?. The Balaban J connectivity index is 1.65. The van der Waals surface area contributed by atoms with E-state index in [0.29, 0.717) is 22.3 Å². The zero-order valence-corrected chi connectivity index (χ0v) is 19.4. The number of likely N-dealkylation sites (N-methyl/N-ethyl adjacent to an activating group) is 1. The van der Waals surface area contributed by atoms with Crippen LogP contribution in [0.25, 0.3) is 11.8 Å². The van der Waals surface area contributed by atoms with E-state index in [4.69, 9.17) is 0 Å². The first-order valence-electron chi connectivity index (χ1n) is 10.5. The number of rotatable bonds is 6. The van der Waals surface area contributed by atoms with Gasteiger partial charge in [-0.25, -0.2) is 9.79 Å². The third-order valence-electron chi connectivity index (χ3n) is 5.23. The predicted molar refractivity (Wildman–Crippen MR) is 134 cm³/mol. The Morgan fingerprint density at radius 1 is 1.12 bits per heavy atom. The van der Waals surface area contributed by atoms with Gasteiger partial charge < -0.3 is 14.6 Å². The monoisotopic (exact) mass is 460 g/mol. The van der Waals surface area contributed by atoms with E-state index < -0.39 is 5.97 Å². The smallest absolute Gasteiger partial charge is 0.335 e. The van der Waals surface area contributed by atoms with Gasteiger partial charge in [0, 0.05) is 43.9 Å². The lowest BCUT2D eigenvalue weighted by Crippen LogP contribution is -2.28. The Bertz CT molecular complexity index is 1260. The number of carboxylic acids is 1. The number of nitrogens with zero attached hydrogens (tertiary/aromatic N) is 4. The zero-order valence-electron chi connectivity index (χ0n) is 18.6. The number of hydrogen-bond acceptors (Lipinski definition) is 5. The average Bonchev–Trinajstić information content (AvgIpc) is 3.38. The van der Waals surface area contributed by atoms with Crippen LogP contribution < -0.4 is 4.90 Å². The van der Waals surface area contributed by atoms with Crippen LogP contribution >= 0.6 is 11.8 Å². The molecule has 7 nitrogen and oxygen atoms in total. The molecular weight excluding hydrogens is 436 g/mol. The van der Waals surface area contributed by atoms with Gasteiger partial charge in [0.25, 0.3) is 5.91 Å². The molecular formula is C25H24N4O3S. The fraction of sp³-hybridized carbons (Fsp3) is 0.160. The summed E-state index contributed by atoms with van der Waals surface area (Å²) in [6.45, 7) is 2.35. The fourth-order valence-corrected chi connectivity index (χ4v) is 4.53. The molecule has 1 aliphatic heterocycles. The van der Waals surface area contributed by atoms with E-state index in [-0.39, 0.29) is 11.5 Å². The van der Waals surface area contributed by atoms with Crippen molar-refractivity contribution < 1.29 is 14.7 Å². The third-order valence-corrected chi connectivity index (χ3v) is 6.23. The maximum absolute atomic E-state index is 13.1. The van der Waals surface area contributed by atoms with E-state index >= 15 is 0 Å². The molecule has 33 heavy (non-hydrogen) atoms. The molecule has 2 heterocycles. The van der Waals surface area contributed by atoms with Crippen LogP contribution in [0.2, 0.25) is 0 Å². The third kappa shape index (κ3) is 4.70. The lowest BCUT2D eigenvalue weighted by molar-refractivity contribution is -0.122. The van der Waals surface area contributed by atoms with E-state index in [9.17, 15) is 14.7 Å². The van der Waals surface area contributed by atoms with Crippen molar-refractivity contribution in [2.24, 2.45) is 4.99 Å². The second-order valence-corrected chi connectivity index (χ2v) is 8.63. The average molecular weight is 461 g/mol. The van der Waals surface area contributed by atoms with Gasteiger partial charge in [-0.05, 0) is 79.4 Å². The van der Waals surface area contributed by atoms with Crippen LogP contribution in [0.1, 0.15) is 23.0 Å². The van der Waals surface area contributed by atoms with Crippen molar-refractivity contribution in [1.82, 2.24) is 9.47 Å². The Morgan fingerprint density at radius 3 is 2.55 bits per heavy atom. The van der Waals surface area contributed by atoms with E-state index in [2.05, 4.69) is 17.1 Å². The lowest BCUT2D eigenvalue weighted by atomic mass is 10.2. The summed E-state index contributed by atoms with van der Waals surface area (Å²) in [7, 11) is 4.00. The van der Waals surface area contributed by atoms with Gasteiger partial charge in [0.1, 0.15) is 0 Å². The van der Waals surface area contributed by atoms with Gasteiger partial charge in [0.15, 0.2) is 5.17 Å². The maximum atomic E-state index is 13.1. The highest BCUT2D eigenvalue weighted by Gasteiger charge is 2.32. The van der Waals surface area contributed by atoms with Crippen LogP contribution in [-0.4, -0.2) is 52.3 Å². The first-order chi connectivity index (χ1) is 15.9. The minimum absolute atomic E-state index is 0.119. The van der Waals surface area contributed by atoms with Crippen molar-refractivity contribution in [2.45, 2.75) is 6.92 Å². The molecule has 0 atom stereocenters. The minimum Gasteiger partial charge on any atom is -0.478 e. The Hall–Kier alpha value is -3.78. The van der Waals surface area contributed by atoms with Gasteiger partial charge >= 0.3 is 5.97 Å². The number of aromatic carboxylic acids is 1. The molecule has 1 N–H and O–H groups in total. The second kappa shape index (κ2) is 9.38. The summed E-state index contributed by atoms with van der Waals surface area (Å²) >= 11 is 1.29. The number of aliphatic imine (C=N–C) groups is 1. The van der Waals surface area contributed by atoms with Crippen molar-refractivity contribution in [1.29, 1.82) is 0 Å². The molecule has 168 valence electrons. The van der Waals surface area contributed by atoms with Crippen LogP contribution in [0.4, 0.5) is 11.4 Å². The highest BCUT2D eigenvalue weighted by Crippen LogP contribution is 2.34. The normalized spacial score (nSPS) is 16.1. The van der Waals surface area contributed by atoms with Crippen LogP contribution in [0.5, 0.6) is 0 Å². The van der Waals surface area contributed by atoms with Gasteiger partial charge in [-0.15, -0.1) is 0 Å². The number of benzene rings is 2. The minimum atomic E-state index is -1.01. The largest absolute Gasteiger partial charge is 0.478 e. The molecule has 0 saturated carbocycles. The number of carbonyl (C=O) groups is 2. The van der Waals surface area contributed by atoms with Gasteiger partial charge in [-0.1, -0.05) is 6.07 Å². The molecule has 0 spiro atoms. The van der Waals surface area contributed by atoms with Crippen LogP contribution in [0, 0.1) is 0 Å². The van der Waals surface area contributed by atoms with Crippen molar-refractivity contribution in [3.8, 4) is 5.69 Å². The number of aromatic nitrogens is 1. The second-order valence-electron chi connectivity index (χ2n) is 7.62. The highest BCUT2D eigenvalue weighted by atomic mass is 32.2. The molecule has 2 aromatic carbocycles. The Kier molecular flexibility index (Phi) is 6.37. The fourth-order valence-electron chi connectivity index (χ4n) is 3.48. The van der Waals surface area contributed by atoms with Gasteiger partial charge in [0.2, 0.25) is 0 Å². The summed E-state index contributed by atoms with van der Waals surface area (Å²) in [6, 6.07) is 18.5. The highest BCUT2D eigenvalue weighted by molar-refractivity contribution is 8.18. The number of anilines is 1. The van der Waals surface area contributed by atoms with Crippen molar-refractivity contribution in [3.63, 3.8) is 0 Å². The van der Waals surface area contributed by atoms with E-state index in [1.165, 1.54) is 23.9 Å². The van der Waals surface area contributed by atoms with Gasteiger partial charge in [0.05, 0.1) is 16.2 Å². The molecule has 0 unspecified atom stereocenters. The summed E-state index contributed by atoms with van der Waals surface area (Å²) in [5.41, 5.74) is 3.64. The zero-order chi connectivity index (χ0) is 23.5. The van der Waals surface area contributed by atoms with E-state index in [1.54, 1.807) is 17.0 Å². The molecule has 0 radical (unpaired) electrons. The summed E-state index contributed by atoms with van der Waals surface area (Å²) < 4.78 is 2.03. The van der Waals surface area contributed by atoms with Crippen LogP contribution in [0.15, 0.2) is 76.8 Å². The van der Waals surface area contributed by atoms with Gasteiger partial charge in [-0.2, -0.15) is 0 Å². The van der Waals surface area contributed by atoms with Crippen LogP contribution in [0.3, 0.4) is 0 Å². The molecule has 8 heteroatoms. The number of amidine groups is 1. The Morgan fingerprint density at radius 2 is 1.88 bits per heavy atom. The molecule has 1 saturated heterocycles. The first kappa shape index (κ1) is 22.4. The van der Waals surface area contributed by atoms with Gasteiger partial charge in [-0.3, -0.25) is 9.69 Å². The summed E-state index contributed by atoms with van der Waals surface area (Å²) in [4.78, 5) is 33.1. The SMILES string of the molecule is CCN1C(=O)/C(=C/c2cccn2-c2ccc(N(C)C)cc2)SC1=Nc1cccc(C(=O)O)c1. The number of hydrogen-bond donors (Lipinski definition) is 1. The van der Waals surface area contributed by atoms with Crippen molar-refractivity contribution in [2.75, 3.05) is 25.5 Å².